The summed E-state index contributed by atoms with van der Waals surface area (Å²) in [6, 6.07) is 7.38. The van der Waals surface area contributed by atoms with E-state index in [2.05, 4.69) is 6.92 Å². The summed E-state index contributed by atoms with van der Waals surface area (Å²) < 4.78 is 11.0. The number of nitrogens with zero attached hydrogens (tertiary/aromatic N) is 1. The summed E-state index contributed by atoms with van der Waals surface area (Å²) in [6.45, 7) is 4.63. The minimum Gasteiger partial charge on any atom is -0.492 e. The predicted octanol–water partition coefficient (Wildman–Crippen LogP) is 1.41. The van der Waals surface area contributed by atoms with Crippen molar-refractivity contribution in [2.75, 3.05) is 32.9 Å². The Balaban J connectivity index is 1.86. The van der Waals surface area contributed by atoms with Gasteiger partial charge in [-0.25, -0.2) is 0 Å². The molecule has 2 rings (SSSR count). The molecule has 1 saturated heterocycles. The van der Waals surface area contributed by atoms with Gasteiger partial charge in [-0.15, -0.1) is 0 Å². The van der Waals surface area contributed by atoms with Crippen LogP contribution in [0.3, 0.4) is 0 Å². The Labute approximate surface area is 119 Å². The van der Waals surface area contributed by atoms with Gasteiger partial charge < -0.3 is 14.6 Å². The third-order valence-electron chi connectivity index (χ3n) is 3.51. The zero-order valence-electron chi connectivity index (χ0n) is 11.7. The lowest BCUT2D eigenvalue weighted by molar-refractivity contribution is -0.149. The van der Waals surface area contributed by atoms with Gasteiger partial charge >= 0.3 is 5.97 Å². The van der Waals surface area contributed by atoms with Crippen LogP contribution in [-0.2, 0) is 16.0 Å². The second-order valence-corrected chi connectivity index (χ2v) is 4.77. The van der Waals surface area contributed by atoms with Gasteiger partial charge in [0.15, 0.2) is 0 Å². The van der Waals surface area contributed by atoms with E-state index in [9.17, 15) is 4.79 Å². The summed E-state index contributed by atoms with van der Waals surface area (Å²) in [5.74, 6) is 0.0498. The third kappa shape index (κ3) is 3.71. The first-order chi connectivity index (χ1) is 9.72. The molecule has 0 aromatic heterocycles. The molecule has 1 aromatic carbocycles. The number of carboxylic acid groups (broad SMARTS) is 1. The van der Waals surface area contributed by atoms with Gasteiger partial charge in [0.2, 0.25) is 0 Å². The van der Waals surface area contributed by atoms with Crippen LogP contribution in [0, 0.1) is 0 Å². The van der Waals surface area contributed by atoms with E-state index in [1.807, 2.05) is 29.2 Å². The Kier molecular flexibility index (Phi) is 5.38. The van der Waals surface area contributed by atoms with Crippen LogP contribution in [0.1, 0.15) is 12.5 Å². The molecule has 0 bridgehead atoms. The molecule has 1 heterocycles. The van der Waals surface area contributed by atoms with Gasteiger partial charge in [-0.3, -0.25) is 9.69 Å². The van der Waals surface area contributed by atoms with E-state index < -0.39 is 12.0 Å². The Bertz CT molecular complexity index is 449. The van der Waals surface area contributed by atoms with Gasteiger partial charge in [0, 0.05) is 13.1 Å². The van der Waals surface area contributed by atoms with E-state index in [1.165, 1.54) is 5.56 Å². The number of carboxylic acids is 1. The first kappa shape index (κ1) is 14.8. The lowest BCUT2D eigenvalue weighted by Gasteiger charge is -2.32. The molecule has 1 atom stereocenters. The Morgan fingerprint density at radius 3 is 3.05 bits per heavy atom. The average Bonchev–Trinajstić information content (AvgIpc) is 2.48. The summed E-state index contributed by atoms with van der Waals surface area (Å²) in [5, 5.41) is 9.14. The molecule has 1 aliphatic heterocycles. The fourth-order valence-electron chi connectivity index (χ4n) is 2.34. The van der Waals surface area contributed by atoms with Crippen LogP contribution in [0.15, 0.2) is 24.3 Å². The Morgan fingerprint density at radius 2 is 2.30 bits per heavy atom. The molecule has 0 unspecified atom stereocenters. The highest BCUT2D eigenvalue weighted by Gasteiger charge is 2.28. The number of rotatable bonds is 6. The highest BCUT2D eigenvalue weighted by atomic mass is 16.5. The van der Waals surface area contributed by atoms with Crippen LogP contribution in [0.25, 0.3) is 0 Å². The number of morpholine rings is 1. The molecule has 5 nitrogen and oxygen atoms in total. The van der Waals surface area contributed by atoms with Crippen LogP contribution in [0.4, 0.5) is 0 Å². The SMILES string of the molecule is CCc1ccccc1OCCN1CCOC[C@@H]1C(=O)O. The standard InChI is InChI=1S/C15H21NO4/c1-2-12-5-3-4-6-14(12)20-10-8-16-7-9-19-11-13(16)15(17)18/h3-6,13H,2,7-11H2,1H3,(H,17,18)/t13-/m1/s1. The molecule has 1 fully saturated rings. The molecule has 110 valence electrons. The Morgan fingerprint density at radius 1 is 1.50 bits per heavy atom. The van der Waals surface area contributed by atoms with Crippen molar-refractivity contribution in [2.45, 2.75) is 19.4 Å². The van der Waals surface area contributed by atoms with Crippen molar-refractivity contribution in [3.63, 3.8) is 0 Å². The maximum Gasteiger partial charge on any atom is 0.323 e. The van der Waals surface area contributed by atoms with Crippen LogP contribution in [0.2, 0.25) is 0 Å². The topological polar surface area (TPSA) is 59.0 Å². The molecule has 0 radical (unpaired) electrons. The molecule has 1 N–H and O–H groups in total. The summed E-state index contributed by atoms with van der Waals surface area (Å²) >= 11 is 0. The fraction of sp³-hybridized carbons (Fsp3) is 0.533. The van der Waals surface area contributed by atoms with E-state index in [0.29, 0.717) is 26.3 Å². The van der Waals surface area contributed by atoms with Gasteiger partial charge in [-0.2, -0.15) is 0 Å². The second kappa shape index (κ2) is 7.26. The first-order valence-electron chi connectivity index (χ1n) is 6.97. The zero-order valence-corrected chi connectivity index (χ0v) is 11.7. The number of benzene rings is 1. The van der Waals surface area contributed by atoms with Gasteiger partial charge in [0.1, 0.15) is 18.4 Å². The largest absolute Gasteiger partial charge is 0.492 e. The lowest BCUT2D eigenvalue weighted by Crippen LogP contribution is -2.51. The third-order valence-corrected chi connectivity index (χ3v) is 3.51. The minimum absolute atomic E-state index is 0.251. The Hall–Kier alpha value is -1.59. The fourth-order valence-corrected chi connectivity index (χ4v) is 2.34. The highest BCUT2D eigenvalue weighted by molar-refractivity contribution is 5.73. The molecule has 0 aliphatic carbocycles. The molecule has 1 aromatic rings. The van der Waals surface area contributed by atoms with E-state index in [4.69, 9.17) is 14.6 Å². The van der Waals surface area contributed by atoms with Gasteiger partial charge in [0.05, 0.1) is 13.2 Å². The predicted molar refractivity (Wildman–Crippen MR) is 75.1 cm³/mol. The summed E-state index contributed by atoms with van der Waals surface area (Å²) in [4.78, 5) is 13.0. The van der Waals surface area contributed by atoms with Crippen molar-refractivity contribution in [2.24, 2.45) is 0 Å². The number of hydrogen-bond acceptors (Lipinski definition) is 4. The second-order valence-electron chi connectivity index (χ2n) is 4.77. The van der Waals surface area contributed by atoms with Crippen LogP contribution >= 0.6 is 0 Å². The summed E-state index contributed by atoms with van der Waals surface area (Å²) in [6.07, 6.45) is 0.922. The van der Waals surface area contributed by atoms with E-state index in [0.717, 1.165) is 12.2 Å². The van der Waals surface area contributed by atoms with E-state index in [1.54, 1.807) is 0 Å². The summed E-state index contributed by atoms with van der Waals surface area (Å²) in [7, 11) is 0. The van der Waals surface area contributed by atoms with Gasteiger partial charge in [-0.1, -0.05) is 25.1 Å². The number of hydrogen-bond donors (Lipinski definition) is 1. The van der Waals surface area contributed by atoms with Crippen molar-refractivity contribution in [3.8, 4) is 5.75 Å². The molecule has 0 amide bonds. The minimum atomic E-state index is -0.835. The first-order valence-corrected chi connectivity index (χ1v) is 6.97. The van der Waals surface area contributed by atoms with Crippen molar-refractivity contribution in [1.82, 2.24) is 4.90 Å². The maximum absolute atomic E-state index is 11.1. The van der Waals surface area contributed by atoms with Crippen molar-refractivity contribution >= 4 is 5.97 Å². The number of ether oxygens (including phenoxy) is 2. The molecular formula is C15H21NO4. The number of carbonyl (C=O) groups is 1. The normalized spacial score (nSPS) is 19.8. The van der Waals surface area contributed by atoms with Gasteiger partial charge in [0.25, 0.3) is 0 Å². The summed E-state index contributed by atoms with van der Waals surface area (Å²) in [5.41, 5.74) is 1.17. The van der Waals surface area contributed by atoms with Crippen LogP contribution < -0.4 is 4.74 Å². The van der Waals surface area contributed by atoms with Crippen molar-refractivity contribution in [1.29, 1.82) is 0 Å². The van der Waals surface area contributed by atoms with Crippen molar-refractivity contribution < 1.29 is 19.4 Å². The molecule has 1 aliphatic rings. The van der Waals surface area contributed by atoms with Crippen molar-refractivity contribution in [3.05, 3.63) is 29.8 Å². The molecule has 5 heteroatoms. The van der Waals surface area contributed by atoms with Crippen LogP contribution in [-0.4, -0.2) is 54.9 Å². The smallest absolute Gasteiger partial charge is 0.323 e. The van der Waals surface area contributed by atoms with Gasteiger partial charge in [-0.05, 0) is 18.1 Å². The molecule has 20 heavy (non-hydrogen) atoms. The monoisotopic (exact) mass is 279 g/mol. The quantitative estimate of drug-likeness (QED) is 0.853. The zero-order chi connectivity index (χ0) is 14.4. The maximum atomic E-state index is 11.1. The van der Waals surface area contributed by atoms with Crippen LogP contribution in [0.5, 0.6) is 5.75 Å². The number of aryl methyl sites for hydroxylation is 1. The molecule has 0 spiro atoms. The average molecular weight is 279 g/mol. The van der Waals surface area contributed by atoms with E-state index >= 15 is 0 Å². The lowest BCUT2D eigenvalue weighted by atomic mass is 10.1. The molecule has 0 saturated carbocycles. The highest BCUT2D eigenvalue weighted by Crippen LogP contribution is 2.18. The number of para-hydroxylation sites is 1. The number of aliphatic carboxylic acids is 1. The van der Waals surface area contributed by atoms with E-state index in [-0.39, 0.29) is 6.61 Å². The molecular weight excluding hydrogens is 258 g/mol.